The van der Waals surface area contributed by atoms with Gasteiger partial charge in [0.2, 0.25) is 5.91 Å². The molecule has 5 heteroatoms. The molecule has 0 spiro atoms. The fourth-order valence-corrected chi connectivity index (χ4v) is 3.41. The van der Waals surface area contributed by atoms with Crippen LogP contribution in [0.5, 0.6) is 0 Å². The van der Waals surface area contributed by atoms with Gasteiger partial charge in [0, 0.05) is 51.4 Å². The first kappa shape index (κ1) is 17.0. The first-order chi connectivity index (χ1) is 11.8. The van der Waals surface area contributed by atoms with Crippen molar-refractivity contribution in [3.8, 4) is 0 Å². The highest BCUT2D eigenvalue weighted by molar-refractivity contribution is 5.80. The van der Waals surface area contributed by atoms with Crippen molar-refractivity contribution in [2.75, 3.05) is 39.9 Å². The Labute approximate surface area is 143 Å². The number of hydrogen-bond acceptors (Lipinski definition) is 3. The van der Waals surface area contributed by atoms with E-state index in [1.54, 1.807) is 7.11 Å². The third-order valence-electron chi connectivity index (χ3n) is 4.83. The van der Waals surface area contributed by atoms with Crippen LogP contribution in [0.25, 0.3) is 10.9 Å². The summed E-state index contributed by atoms with van der Waals surface area (Å²) in [4.78, 5) is 14.5. The quantitative estimate of drug-likeness (QED) is 0.807. The molecule has 0 unspecified atom stereocenters. The van der Waals surface area contributed by atoms with Crippen molar-refractivity contribution in [1.82, 2.24) is 14.8 Å². The lowest BCUT2D eigenvalue weighted by Crippen LogP contribution is -2.32. The molecule has 1 N–H and O–H groups in total. The summed E-state index contributed by atoms with van der Waals surface area (Å²) in [7, 11) is 1.74. The Kier molecular flexibility index (Phi) is 5.88. The van der Waals surface area contributed by atoms with Crippen molar-refractivity contribution in [3.05, 3.63) is 36.5 Å². The van der Waals surface area contributed by atoms with E-state index < -0.39 is 0 Å². The van der Waals surface area contributed by atoms with Crippen LogP contribution >= 0.6 is 0 Å². The maximum atomic E-state index is 12.1. The van der Waals surface area contributed by atoms with Crippen molar-refractivity contribution in [1.29, 1.82) is 0 Å². The number of likely N-dealkylation sites (tertiary alicyclic amines) is 1. The van der Waals surface area contributed by atoms with E-state index in [0.29, 0.717) is 12.3 Å². The van der Waals surface area contributed by atoms with Gasteiger partial charge in [0.05, 0.1) is 6.61 Å². The van der Waals surface area contributed by atoms with Crippen LogP contribution in [0.2, 0.25) is 0 Å². The van der Waals surface area contributed by atoms with Gasteiger partial charge in [0.1, 0.15) is 0 Å². The number of amides is 1. The highest BCUT2D eigenvalue weighted by Crippen LogP contribution is 2.16. The van der Waals surface area contributed by atoms with Gasteiger partial charge >= 0.3 is 0 Å². The molecule has 1 aliphatic rings. The van der Waals surface area contributed by atoms with Crippen molar-refractivity contribution in [3.63, 3.8) is 0 Å². The normalized spacial score (nSPS) is 18.3. The average molecular weight is 329 g/mol. The van der Waals surface area contributed by atoms with Crippen molar-refractivity contribution < 1.29 is 9.53 Å². The number of nitrogens with zero attached hydrogens (tertiary/aromatic N) is 2. The molecule has 2 aromatic rings. The van der Waals surface area contributed by atoms with Crippen LogP contribution in [0.3, 0.4) is 0 Å². The molecule has 1 amide bonds. The number of carbonyl (C=O) groups excluding carboxylic acids is 1. The molecule has 1 aromatic carbocycles. The summed E-state index contributed by atoms with van der Waals surface area (Å²) in [5.74, 6) is 0.710. The lowest BCUT2D eigenvalue weighted by atomic mass is 10.1. The Morgan fingerprint density at radius 2 is 2.17 bits per heavy atom. The van der Waals surface area contributed by atoms with Gasteiger partial charge in [-0.3, -0.25) is 4.79 Å². The summed E-state index contributed by atoms with van der Waals surface area (Å²) >= 11 is 0. The molecule has 1 atom stereocenters. The van der Waals surface area contributed by atoms with Crippen molar-refractivity contribution in [2.45, 2.75) is 19.4 Å². The van der Waals surface area contributed by atoms with Crippen LogP contribution in [-0.4, -0.2) is 55.3 Å². The highest BCUT2D eigenvalue weighted by Gasteiger charge is 2.22. The maximum Gasteiger partial charge on any atom is 0.221 e. The summed E-state index contributed by atoms with van der Waals surface area (Å²) < 4.78 is 7.27. The molecule has 3 rings (SSSR count). The lowest BCUT2D eigenvalue weighted by Gasteiger charge is -2.15. The number of hydrogen-bond donors (Lipinski definition) is 1. The zero-order chi connectivity index (χ0) is 16.8. The van der Waals surface area contributed by atoms with Gasteiger partial charge < -0.3 is 19.5 Å². The second-order valence-electron chi connectivity index (χ2n) is 6.57. The summed E-state index contributed by atoms with van der Waals surface area (Å²) in [6, 6.07) is 10.4. The molecule has 1 fully saturated rings. The molecule has 5 nitrogen and oxygen atoms in total. The van der Waals surface area contributed by atoms with Gasteiger partial charge in [-0.25, -0.2) is 0 Å². The lowest BCUT2D eigenvalue weighted by molar-refractivity contribution is -0.121. The number of nitrogens with one attached hydrogen (secondary N) is 1. The van der Waals surface area contributed by atoms with E-state index in [-0.39, 0.29) is 5.91 Å². The minimum absolute atomic E-state index is 0.142. The number of benzene rings is 1. The van der Waals surface area contributed by atoms with Crippen LogP contribution in [0.15, 0.2) is 36.5 Å². The van der Waals surface area contributed by atoms with E-state index in [4.69, 9.17) is 4.74 Å². The van der Waals surface area contributed by atoms with Gasteiger partial charge in [-0.1, -0.05) is 18.2 Å². The first-order valence-electron chi connectivity index (χ1n) is 8.78. The number of methoxy groups -OCH3 is 1. The van der Waals surface area contributed by atoms with Crippen molar-refractivity contribution >= 4 is 16.8 Å². The fourth-order valence-electron chi connectivity index (χ4n) is 3.41. The highest BCUT2D eigenvalue weighted by atomic mass is 16.5. The minimum Gasteiger partial charge on any atom is -0.383 e. The zero-order valence-electron chi connectivity index (χ0n) is 14.4. The number of carbonyl (C=O) groups is 1. The topological polar surface area (TPSA) is 46.5 Å². The molecule has 1 aliphatic heterocycles. The third-order valence-corrected chi connectivity index (χ3v) is 4.83. The monoisotopic (exact) mass is 329 g/mol. The summed E-state index contributed by atoms with van der Waals surface area (Å²) in [6.07, 6.45) is 3.74. The Morgan fingerprint density at radius 1 is 1.29 bits per heavy atom. The van der Waals surface area contributed by atoms with Gasteiger partial charge in [0.15, 0.2) is 0 Å². The molecule has 2 heterocycles. The molecule has 1 saturated heterocycles. The average Bonchev–Trinajstić information content (AvgIpc) is 3.23. The second kappa shape index (κ2) is 8.31. The first-order valence-corrected chi connectivity index (χ1v) is 8.78. The van der Waals surface area contributed by atoms with Gasteiger partial charge in [-0.15, -0.1) is 0 Å². The summed E-state index contributed by atoms with van der Waals surface area (Å²) in [5.41, 5.74) is 1.19. The fraction of sp³-hybridized carbons (Fsp3) is 0.526. The van der Waals surface area contributed by atoms with Crippen LogP contribution in [-0.2, 0) is 16.1 Å². The maximum absolute atomic E-state index is 12.1. The van der Waals surface area contributed by atoms with E-state index in [1.165, 1.54) is 10.9 Å². The molecule has 0 radical (unpaired) electrons. The Balaban J connectivity index is 1.39. The van der Waals surface area contributed by atoms with E-state index in [1.807, 2.05) is 12.1 Å². The molecule has 130 valence electrons. The molecule has 0 aliphatic carbocycles. The van der Waals surface area contributed by atoms with Gasteiger partial charge in [-0.05, 0) is 36.4 Å². The molecular formula is C19H27N3O2. The standard InChI is InChI=1S/C19H27N3O2/c1-24-13-12-21-9-6-16(15-21)14-20-19(23)8-11-22-10-7-17-4-2-3-5-18(17)22/h2-5,7,10,16H,6,8-9,11-15H2,1H3,(H,20,23)/t16-/m0/s1. The smallest absolute Gasteiger partial charge is 0.221 e. The summed E-state index contributed by atoms with van der Waals surface area (Å²) in [6.45, 7) is 5.45. The van der Waals surface area contributed by atoms with Crippen molar-refractivity contribution in [2.24, 2.45) is 5.92 Å². The predicted octanol–water partition coefficient (Wildman–Crippen LogP) is 2.12. The Morgan fingerprint density at radius 3 is 3.04 bits per heavy atom. The van der Waals surface area contributed by atoms with Gasteiger partial charge in [0.25, 0.3) is 0 Å². The van der Waals surface area contributed by atoms with E-state index in [0.717, 1.165) is 45.8 Å². The minimum atomic E-state index is 0.142. The van der Waals surface area contributed by atoms with E-state index >= 15 is 0 Å². The third kappa shape index (κ3) is 4.36. The second-order valence-corrected chi connectivity index (χ2v) is 6.57. The van der Waals surface area contributed by atoms with Gasteiger partial charge in [-0.2, -0.15) is 0 Å². The van der Waals surface area contributed by atoms with E-state index in [2.05, 4.69) is 39.2 Å². The number of ether oxygens (including phenoxy) is 1. The Hall–Kier alpha value is -1.85. The number of aromatic nitrogens is 1. The molecule has 24 heavy (non-hydrogen) atoms. The number of fused-ring (bicyclic) bond motifs is 1. The SMILES string of the molecule is COCCN1CC[C@@H](CNC(=O)CCn2ccc3ccccc32)C1. The van der Waals surface area contributed by atoms with Crippen LogP contribution in [0, 0.1) is 5.92 Å². The Bertz CT molecular complexity index is 667. The summed E-state index contributed by atoms with van der Waals surface area (Å²) in [5, 5.41) is 4.32. The number of aryl methyl sites for hydroxylation is 1. The molecule has 1 aromatic heterocycles. The molecule has 0 bridgehead atoms. The van der Waals surface area contributed by atoms with E-state index in [9.17, 15) is 4.79 Å². The zero-order valence-corrected chi connectivity index (χ0v) is 14.4. The molecule has 0 saturated carbocycles. The molecular weight excluding hydrogens is 302 g/mol. The predicted molar refractivity (Wildman–Crippen MR) is 96.0 cm³/mol. The largest absolute Gasteiger partial charge is 0.383 e. The number of para-hydroxylation sites is 1. The van der Waals surface area contributed by atoms with Crippen LogP contribution < -0.4 is 5.32 Å². The van der Waals surface area contributed by atoms with Crippen LogP contribution in [0.4, 0.5) is 0 Å². The number of rotatable bonds is 8. The van der Waals surface area contributed by atoms with Crippen LogP contribution in [0.1, 0.15) is 12.8 Å².